The van der Waals surface area contributed by atoms with E-state index in [1.807, 2.05) is 18.2 Å². The fourth-order valence-electron chi connectivity index (χ4n) is 1.46. The summed E-state index contributed by atoms with van der Waals surface area (Å²) in [5.74, 6) is 1.45. The van der Waals surface area contributed by atoms with E-state index in [0.717, 1.165) is 24.3 Å². The lowest BCUT2D eigenvalue weighted by Gasteiger charge is -2.12. The molecule has 0 heterocycles. The van der Waals surface area contributed by atoms with Crippen LogP contribution in [0.4, 0.5) is 5.69 Å². The van der Waals surface area contributed by atoms with Gasteiger partial charge in [-0.05, 0) is 25.0 Å². The Morgan fingerprint density at radius 2 is 1.81 bits per heavy atom. The summed E-state index contributed by atoms with van der Waals surface area (Å²) in [7, 11) is 1.55. The van der Waals surface area contributed by atoms with Crippen LogP contribution in [0.25, 0.3) is 0 Å². The summed E-state index contributed by atoms with van der Waals surface area (Å²) < 4.78 is 16.1. The predicted octanol–water partition coefficient (Wildman–Crippen LogP) is 3.05. The highest BCUT2D eigenvalue weighted by Crippen LogP contribution is 2.31. The number of aliphatic imine (C=N–C) groups is 1. The van der Waals surface area contributed by atoms with Gasteiger partial charge in [0.2, 0.25) is 0 Å². The van der Waals surface area contributed by atoms with Crippen molar-refractivity contribution in [2.24, 2.45) is 4.99 Å². The van der Waals surface area contributed by atoms with E-state index in [-0.39, 0.29) is 6.79 Å². The van der Waals surface area contributed by atoms with Crippen LogP contribution in [0, 0.1) is 0 Å². The first kappa shape index (κ1) is 17.3. The second-order valence-electron chi connectivity index (χ2n) is 4.25. The van der Waals surface area contributed by atoms with Crippen LogP contribution >= 0.6 is 0 Å². The second kappa shape index (κ2) is 10.9. The van der Waals surface area contributed by atoms with Crippen molar-refractivity contribution in [2.75, 3.05) is 27.1 Å². The number of methoxy groups -OCH3 is 1. The smallest absolute Gasteiger partial charge is 0.172 e. The molecule has 0 bridgehead atoms. The molecule has 0 aliphatic rings. The van der Waals surface area contributed by atoms with Gasteiger partial charge in [-0.25, -0.2) is 9.83 Å². The van der Waals surface area contributed by atoms with E-state index < -0.39 is 0 Å². The summed E-state index contributed by atoms with van der Waals surface area (Å²) in [6, 6.07) is 5.57. The number of ether oxygens (including phenoxy) is 3. The summed E-state index contributed by atoms with van der Waals surface area (Å²) in [5, 5.41) is 0. The van der Waals surface area contributed by atoms with Crippen LogP contribution in [0.1, 0.15) is 26.7 Å². The zero-order chi connectivity index (χ0) is 15.3. The maximum atomic E-state index is 5.70. The molecule has 0 aliphatic heterocycles. The molecule has 0 fully saturated rings. The fourth-order valence-corrected chi connectivity index (χ4v) is 1.46. The zero-order valence-electron chi connectivity index (χ0n) is 12.9. The average Bonchev–Trinajstić information content (AvgIpc) is 2.51. The molecule has 0 saturated heterocycles. The molecule has 0 aromatic heterocycles. The minimum absolute atomic E-state index is 0.153. The molecule has 6 heteroatoms. The third kappa shape index (κ3) is 6.97. The Labute approximate surface area is 126 Å². The van der Waals surface area contributed by atoms with Crippen LogP contribution in [0.3, 0.4) is 0 Å². The molecule has 1 aromatic rings. The molecule has 0 saturated carbocycles. The van der Waals surface area contributed by atoms with Gasteiger partial charge in [-0.1, -0.05) is 13.8 Å². The highest BCUT2D eigenvalue weighted by molar-refractivity contribution is 5.62. The fraction of sp³-hybridized carbons (Fsp3) is 0.533. The summed E-state index contributed by atoms with van der Waals surface area (Å²) in [5.41, 5.74) is 3.31. The Balaban J connectivity index is 2.68. The molecule has 6 nitrogen and oxygen atoms in total. The highest BCUT2D eigenvalue weighted by Gasteiger charge is 2.06. The normalized spacial score (nSPS) is 10.8. The topological polar surface area (TPSA) is 61.3 Å². The minimum Gasteiger partial charge on any atom is -0.490 e. The van der Waals surface area contributed by atoms with Gasteiger partial charge in [0.1, 0.15) is 6.34 Å². The van der Waals surface area contributed by atoms with E-state index in [0.29, 0.717) is 19.0 Å². The molecule has 0 amide bonds. The van der Waals surface area contributed by atoms with Crippen LogP contribution < -0.4 is 15.0 Å². The molecule has 0 atom stereocenters. The Kier molecular flexibility index (Phi) is 8.99. The lowest BCUT2D eigenvalue weighted by atomic mass is 10.3. The Morgan fingerprint density at radius 3 is 2.48 bits per heavy atom. The number of hydrogen-bond donors (Lipinski definition) is 1. The van der Waals surface area contributed by atoms with E-state index in [2.05, 4.69) is 24.3 Å². The third-order valence-corrected chi connectivity index (χ3v) is 2.38. The lowest BCUT2D eigenvalue weighted by Crippen LogP contribution is -2.13. The van der Waals surface area contributed by atoms with Crippen LogP contribution in [0.15, 0.2) is 23.2 Å². The molecule has 0 unspecified atom stereocenters. The van der Waals surface area contributed by atoms with E-state index in [9.17, 15) is 0 Å². The summed E-state index contributed by atoms with van der Waals surface area (Å²) >= 11 is 0. The number of hydrogen-bond acceptors (Lipinski definition) is 5. The largest absolute Gasteiger partial charge is 0.490 e. The van der Waals surface area contributed by atoms with Crippen molar-refractivity contribution in [2.45, 2.75) is 26.7 Å². The maximum absolute atomic E-state index is 5.70. The standard InChI is InChI=1S/C15H24N2O4/c1-4-8-19-14-7-6-13(10-15(14)20-9-5-2)16-11-17-21-12-18-3/h6-7,10-11H,4-5,8-9,12H2,1-3H3,(H,16,17). The highest BCUT2D eigenvalue weighted by atomic mass is 16.7. The van der Waals surface area contributed by atoms with Crippen molar-refractivity contribution in [1.82, 2.24) is 5.48 Å². The number of hydroxylamine groups is 1. The van der Waals surface area contributed by atoms with Crippen LogP contribution in [-0.4, -0.2) is 33.5 Å². The van der Waals surface area contributed by atoms with E-state index in [1.54, 1.807) is 7.11 Å². The van der Waals surface area contributed by atoms with Gasteiger partial charge in [-0.15, -0.1) is 0 Å². The third-order valence-electron chi connectivity index (χ3n) is 2.38. The van der Waals surface area contributed by atoms with E-state index in [1.165, 1.54) is 6.34 Å². The van der Waals surface area contributed by atoms with E-state index in [4.69, 9.17) is 19.0 Å². The molecule has 0 spiro atoms. The molecule has 21 heavy (non-hydrogen) atoms. The first-order valence-corrected chi connectivity index (χ1v) is 7.10. The monoisotopic (exact) mass is 296 g/mol. The molecule has 1 aromatic carbocycles. The molecular formula is C15H24N2O4. The van der Waals surface area contributed by atoms with E-state index >= 15 is 0 Å². The minimum atomic E-state index is 0.153. The van der Waals surface area contributed by atoms with Crippen molar-refractivity contribution in [1.29, 1.82) is 0 Å². The first-order valence-electron chi connectivity index (χ1n) is 7.10. The Bertz CT molecular complexity index is 424. The second-order valence-corrected chi connectivity index (χ2v) is 4.25. The van der Waals surface area contributed by atoms with Crippen molar-refractivity contribution < 1.29 is 19.0 Å². The average molecular weight is 296 g/mol. The van der Waals surface area contributed by atoms with Crippen LogP contribution in [0.2, 0.25) is 0 Å². The quantitative estimate of drug-likeness (QED) is 0.223. The number of nitrogens with one attached hydrogen (secondary N) is 1. The van der Waals surface area contributed by atoms with Crippen LogP contribution in [0.5, 0.6) is 11.5 Å². The molecule has 0 radical (unpaired) electrons. The lowest BCUT2D eigenvalue weighted by molar-refractivity contribution is -0.0573. The zero-order valence-corrected chi connectivity index (χ0v) is 12.9. The predicted molar refractivity (Wildman–Crippen MR) is 82.3 cm³/mol. The van der Waals surface area contributed by atoms with Crippen molar-refractivity contribution in [3.63, 3.8) is 0 Å². The van der Waals surface area contributed by atoms with Gasteiger partial charge >= 0.3 is 0 Å². The summed E-state index contributed by atoms with van der Waals surface area (Å²) in [6.45, 7) is 5.59. The van der Waals surface area contributed by atoms with Gasteiger partial charge < -0.3 is 14.2 Å². The molecule has 1 N–H and O–H groups in total. The molecular weight excluding hydrogens is 272 g/mol. The van der Waals surface area contributed by atoms with Gasteiger partial charge in [0, 0.05) is 13.2 Å². The number of nitrogens with zero attached hydrogens (tertiary/aromatic N) is 1. The van der Waals surface area contributed by atoms with Gasteiger partial charge in [0.15, 0.2) is 18.3 Å². The van der Waals surface area contributed by atoms with Crippen molar-refractivity contribution in [3.8, 4) is 11.5 Å². The van der Waals surface area contributed by atoms with Crippen molar-refractivity contribution >= 4 is 12.0 Å². The molecule has 118 valence electrons. The number of benzene rings is 1. The molecule has 1 rings (SSSR count). The first-order chi connectivity index (χ1) is 10.3. The van der Waals surface area contributed by atoms with Crippen molar-refractivity contribution in [3.05, 3.63) is 18.2 Å². The van der Waals surface area contributed by atoms with Gasteiger partial charge in [-0.2, -0.15) is 0 Å². The van der Waals surface area contributed by atoms with Crippen LogP contribution in [-0.2, 0) is 9.57 Å². The SMILES string of the molecule is CCCOc1ccc(N=CNOCOC)cc1OCCC. The Morgan fingerprint density at radius 1 is 1.10 bits per heavy atom. The van der Waals surface area contributed by atoms with Gasteiger partial charge in [0.25, 0.3) is 0 Å². The molecule has 0 aliphatic carbocycles. The maximum Gasteiger partial charge on any atom is 0.172 e. The number of rotatable bonds is 11. The Hall–Kier alpha value is -1.79. The summed E-state index contributed by atoms with van der Waals surface area (Å²) in [6.07, 6.45) is 3.34. The van der Waals surface area contributed by atoms with Gasteiger partial charge in [0.05, 0.1) is 18.9 Å². The summed E-state index contributed by atoms with van der Waals surface area (Å²) in [4.78, 5) is 9.11. The van der Waals surface area contributed by atoms with Gasteiger partial charge in [-0.3, -0.25) is 5.48 Å².